The van der Waals surface area contributed by atoms with Crippen molar-refractivity contribution in [1.29, 1.82) is 0 Å². The Balaban J connectivity index is 2.21. The molecule has 8 atom stereocenters. The highest BCUT2D eigenvalue weighted by Gasteiger charge is 2.74. The van der Waals surface area contributed by atoms with Gasteiger partial charge in [-0.25, -0.2) is 9.59 Å². The second-order valence-corrected chi connectivity index (χ2v) is 10.8. The minimum Gasteiger partial charge on any atom is -0.459 e. The molecule has 206 valence electrons. The van der Waals surface area contributed by atoms with Crippen LogP contribution in [-0.2, 0) is 38.1 Å². The molecule has 10 heteroatoms. The Morgan fingerprint density at radius 2 is 1.81 bits per heavy atom. The molecule has 0 spiro atoms. The van der Waals surface area contributed by atoms with Crippen molar-refractivity contribution in [3.05, 3.63) is 22.8 Å². The van der Waals surface area contributed by atoms with E-state index in [4.69, 9.17) is 18.9 Å². The Kier molecular flexibility index (Phi) is 7.69. The average molecular weight is 523 g/mol. The van der Waals surface area contributed by atoms with Crippen LogP contribution in [0, 0.1) is 11.8 Å². The van der Waals surface area contributed by atoms with Crippen molar-refractivity contribution in [1.82, 2.24) is 0 Å². The lowest BCUT2D eigenvalue weighted by Crippen LogP contribution is -2.64. The van der Waals surface area contributed by atoms with Gasteiger partial charge in [0.2, 0.25) is 0 Å². The third-order valence-corrected chi connectivity index (χ3v) is 8.32. The minimum absolute atomic E-state index is 0.173. The smallest absolute Gasteiger partial charge is 0.341 e. The van der Waals surface area contributed by atoms with Gasteiger partial charge in [0.05, 0.1) is 5.92 Å². The molecule has 1 heterocycles. The first-order valence-electron chi connectivity index (χ1n) is 12.6. The van der Waals surface area contributed by atoms with E-state index in [1.807, 2.05) is 0 Å². The minimum atomic E-state index is -2.45. The Morgan fingerprint density at radius 3 is 2.35 bits per heavy atom. The molecule has 1 saturated carbocycles. The number of carbonyl (C=O) groups excluding carboxylic acids is 4. The molecule has 0 aromatic carbocycles. The van der Waals surface area contributed by atoms with Crippen molar-refractivity contribution >= 4 is 23.9 Å². The van der Waals surface area contributed by atoms with Crippen LogP contribution in [0.5, 0.6) is 0 Å². The zero-order valence-electron chi connectivity index (χ0n) is 22.7. The highest BCUT2D eigenvalue weighted by atomic mass is 16.6. The monoisotopic (exact) mass is 522 g/mol. The third kappa shape index (κ3) is 4.58. The van der Waals surface area contributed by atoms with Crippen LogP contribution in [0.4, 0.5) is 0 Å². The SMILES string of the molecule is C/C=C(\C)C(=O)O[C@H]1C[C@@H]2C(=C1C)[C@@H]1OC(=O)[C@@](C)(O)[C@@]1(O)[C@H](OC(=O)[C@H](C)CC)C[C@@]2(C)OC(C)=O. The van der Waals surface area contributed by atoms with E-state index in [1.165, 1.54) is 6.92 Å². The van der Waals surface area contributed by atoms with Gasteiger partial charge in [0, 0.05) is 24.8 Å². The van der Waals surface area contributed by atoms with E-state index in [0.29, 0.717) is 23.1 Å². The molecule has 0 radical (unpaired) electrons. The van der Waals surface area contributed by atoms with Gasteiger partial charge >= 0.3 is 23.9 Å². The van der Waals surface area contributed by atoms with Crippen molar-refractivity contribution in [2.75, 3.05) is 0 Å². The third-order valence-electron chi connectivity index (χ3n) is 8.32. The maximum atomic E-state index is 12.9. The molecule has 10 nitrogen and oxygen atoms in total. The van der Waals surface area contributed by atoms with Gasteiger partial charge in [-0.2, -0.15) is 0 Å². The predicted molar refractivity (Wildman–Crippen MR) is 130 cm³/mol. The summed E-state index contributed by atoms with van der Waals surface area (Å²) in [5.41, 5.74) is -4.94. The second kappa shape index (κ2) is 9.87. The van der Waals surface area contributed by atoms with Crippen LogP contribution in [0.15, 0.2) is 22.8 Å². The van der Waals surface area contributed by atoms with Gasteiger partial charge in [-0.1, -0.05) is 19.9 Å². The molecule has 0 bridgehead atoms. The number of allylic oxidation sites excluding steroid dienone is 1. The molecule has 1 saturated heterocycles. The van der Waals surface area contributed by atoms with Gasteiger partial charge in [-0.15, -0.1) is 0 Å². The fraction of sp³-hybridized carbons (Fsp3) is 0.704. The fourth-order valence-electron chi connectivity index (χ4n) is 5.60. The highest BCUT2D eigenvalue weighted by Crippen LogP contribution is 2.56. The Labute approximate surface area is 217 Å². The summed E-state index contributed by atoms with van der Waals surface area (Å²) < 4.78 is 22.9. The Bertz CT molecular complexity index is 1060. The van der Waals surface area contributed by atoms with Gasteiger partial charge in [0.1, 0.15) is 17.8 Å². The number of ether oxygens (including phenoxy) is 4. The summed E-state index contributed by atoms with van der Waals surface area (Å²) in [7, 11) is 0. The second-order valence-electron chi connectivity index (χ2n) is 10.8. The Morgan fingerprint density at radius 1 is 1.19 bits per heavy atom. The lowest BCUT2D eigenvalue weighted by molar-refractivity contribution is -0.212. The molecule has 0 unspecified atom stereocenters. The van der Waals surface area contributed by atoms with Crippen molar-refractivity contribution in [2.24, 2.45) is 11.8 Å². The van der Waals surface area contributed by atoms with E-state index in [1.54, 1.807) is 47.6 Å². The van der Waals surface area contributed by atoms with Crippen LogP contribution in [0.2, 0.25) is 0 Å². The number of hydrogen-bond donors (Lipinski definition) is 2. The molecule has 2 fully saturated rings. The number of hydrogen-bond acceptors (Lipinski definition) is 10. The zero-order valence-corrected chi connectivity index (χ0v) is 22.7. The summed E-state index contributed by atoms with van der Waals surface area (Å²) in [5.74, 6) is -4.06. The molecule has 1 aliphatic heterocycles. The van der Waals surface area contributed by atoms with Crippen LogP contribution >= 0.6 is 0 Å². The van der Waals surface area contributed by atoms with Crippen molar-refractivity contribution in [2.45, 2.75) is 110 Å². The van der Waals surface area contributed by atoms with E-state index in [-0.39, 0.29) is 12.8 Å². The first-order chi connectivity index (χ1) is 17.0. The van der Waals surface area contributed by atoms with Crippen molar-refractivity contribution in [3.63, 3.8) is 0 Å². The van der Waals surface area contributed by atoms with E-state index in [2.05, 4.69) is 0 Å². The first kappa shape index (κ1) is 28.8. The van der Waals surface area contributed by atoms with Gasteiger partial charge in [-0.3, -0.25) is 9.59 Å². The number of esters is 4. The van der Waals surface area contributed by atoms with Gasteiger partial charge in [0.15, 0.2) is 17.3 Å². The highest BCUT2D eigenvalue weighted by molar-refractivity contribution is 5.88. The summed E-state index contributed by atoms with van der Waals surface area (Å²) in [4.78, 5) is 50.5. The molecular weight excluding hydrogens is 484 g/mol. The largest absolute Gasteiger partial charge is 0.459 e. The summed E-state index contributed by atoms with van der Waals surface area (Å²) in [6.45, 7) is 12.4. The van der Waals surface area contributed by atoms with Gasteiger partial charge < -0.3 is 29.2 Å². The number of aliphatic hydroxyl groups is 2. The maximum Gasteiger partial charge on any atom is 0.341 e. The topological polar surface area (TPSA) is 146 Å². The van der Waals surface area contributed by atoms with E-state index >= 15 is 0 Å². The van der Waals surface area contributed by atoms with Crippen LogP contribution in [0.3, 0.4) is 0 Å². The van der Waals surface area contributed by atoms with E-state index in [0.717, 1.165) is 6.92 Å². The van der Waals surface area contributed by atoms with Gasteiger partial charge in [-0.05, 0) is 58.6 Å². The summed E-state index contributed by atoms with van der Waals surface area (Å²) in [5, 5.41) is 23.4. The molecule has 37 heavy (non-hydrogen) atoms. The average Bonchev–Trinajstić information content (AvgIpc) is 3.20. The number of fused-ring (bicyclic) bond motifs is 3. The van der Waals surface area contributed by atoms with Crippen molar-refractivity contribution < 1.29 is 48.3 Å². The maximum absolute atomic E-state index is 12.9. The van der Waals surface area contributed by atoms with Crippen LogP contribution in [0.1, 0.15) is 74.7 Å². The molecule has 2 N–H and O–H groups in total. The summed E-state index contributed by atoms with van der Waals surface area (Å²) in [6, 6.07) is 0. The molecule has 2 aliphatic carbocycles. The Hall–Kier alpha value is -2.72. The normalized spacial score (nSPS) is 38.2. The zero-order chi connectivity index (χ0) is 28.1. The molecule has 0 amide bonds. The van der Waals surface area contributed by atoms with Crippen LogP contribution < -0.4 is 0 Å². The lowest BCUT2D eigenvalue weighted by atomic mass is 9.75. The number of carbonyl (C=O) groups is 4. The first-order valence-corrected chi connectivity index (χ1v) is 12.6. The van der Waals surface area contributed by atoms with E-state index < -0.39 is 70.8 Å². The molecule has 3 rings (SSSR count). The summed E-state index contributed by atoms with van der Waals surface area (Å²) >= 11 is 0. The molecular formula is C27H38O10. The standard InChI is InChI=1S/C27H38O10/c1-9-13(3)22(29)34-18-11-17-20(15(18)5)21-27(33,26(8,32)24(31)36-21)19(35-23(30)14(4)10-2)12-25(17,7)37-16(6)28/h9,14,17-19,21,32-33H,10-12H2,1-8H3/b13-9+/t14-,17-,18+,19-,21+,25-,26-,27-/m1/s1. The quantitative estimate of drug-likeness (QED) is 0.231. The molecule has 3 aliphatic rings. The van der Waals surface area contributed by atoms with Crippen molar-refractivity contribution in [3.8, 4) is 0 Å². The van der Waals surface area contributed by atoms with Crippen LogP contribution in [0.25, 0.3) is 0 Å². The lowest BCUT2D eigenvalue weighted by Gasteiger charge is -2.41. The molecule has 0 aromatic rings. The molecule has 0 aromatic heterocycles. The summed E-state index contributed by atoms with van der Waals surface area (Å²) in [6.07, 6.45) is -1.63. The fourth-order valence-corrected chi connectivity index (χ4v) is 5.60. The van der Waals surface area contributed by atoms with Crippen LogP contribution in [-0.4, -0.2) is 69.2 Å². The number of rotatable bonds is 6. The predicted octanol–water partition coefficient (Wildman–Crippen LogP) is 2.29. The van der Waals surface area contributed by atoms with Gasteiger partial charge in [0.25, 0.3) is 0 Å². The van der Waals surface area contributed by atoms with E-state index in [9.17, 15) is 29.4 Å².